The minimum Gasteiger partial charge on any atom is -0.492 e. The summed E-state index contributed by atoms with van der Waals surface area (Å²) in [6, 6.07) is 21.4. The molecule has 3 rings (SSSR count). The van der Waals surface area contributed by atoms with Crippen LogP contribution in [0.5, 0.6) is 5.75 Å². The minimum atomic E-state index is -3.73. The number of ether oxygens (including phenoxy) is 1. The van der Waals surface area contributed by atoms with Crippen LogP contribution in [0.25, 0.3) is 11.1 Å². The number of hydrogen-bond donors (Lipinski definition) is 3. The fraction of sp³-hybridized carbons (Fsp3) is 0.310. The lowest BCUT2D eigenvalue weighted by atomic mass is 10.0. The van der Waals surface area contributed by atoms with Crippen LogP contribution in [0.2, 0.25) is 0 Å². The highest BCUT2D eigenvalue weighted by molar-refractivity contribution is 7.89. The summed E-state index contributed by atoms with van der Waals surface area (Å²) in [7, 11) is -3.73. The van der Waals surface area contributed by atoms with E-state index in [1.54, 1.807) is 36.4 Å². The predicted molar refractivity (Wildman–Crippen MR) is 149 cm³/mol. The zero-order chi connectivity index (χ0) is 28.6. The topological polar surface area (TPSA) is 133 Å². The van der Waals surface area contributed by atoms with Crippen LogP contribution in [0.15, 0.2) is 72.8 Å². The molecule has 10 heteroatoms. The van der Waals surface area contributed by atoms with E-state index in [0.29, 0.717) is 18.6 Å². The fourth-order valence-electron chi connectivity index (χ4n) is 3.87. The van der Waals surface area contributed by atoms with E-state index in [-0.39, 0.29) is 30.3 Å². The highest BCUT2D eigenvalue weighted by atomic mass is 32.2. The second-order valence-corrected chi connectivity index (χ2v) is 11.5. The molecule has 0 unspecified atom stereocenters. The lowest BCUT2D eigenvalue weighted by Crippen LogP contribution is -2.35. The lowest BCUT2D eigenvalue weighted by Gasteiger charge is -2.22. The molecule has 0 aliphatic carbocycles. The van der Waals surface area contributed by atoms with Crippen molar-refractivity contribution in [1.82, 2.24) is 9.62 Å². The Labute approximate surface area is 229 Å². The van der Waals surface area contributed by atoms with Gasteiger partial charge in [-0.25, -0.2) is 17.9 Å². The summed E-state index contributed by atoms with van der Waals surface area (Å²) in [4.78, 5) is 25.5. The van der Waals surface area contributed by atoms with Gasteiger partial charge in [-0.3, -0.25) is 4.79 Å². The van der Waals surface area contributed by atoms with Gasteiger partial charge in [-0.1, -0.05) is 74.5 Å². The smallest absolute Gasteiger partial charge is 0.407 e. The number of aliphatic hydroxyl groups is 1. The van der Waals surface area contributed by atoms with Crippen molar-refractivity contribution in [3.05, 3.63) is 89.5 Å². The Kier molecular flexibility index (Phi) is 10.1. The number of carbonyl (C=O) groups excluding carboxylic acids is 1. The molecule has 0 fully saturated rings. The van der Waals surface area contributed by atoms with Gasteiger partial charge in [0.15, 0.2) is 0 Å². The van der Waals surface area contributed by atoms with Crippen LogP contribution in [0.1, 0.15) is 41.4 Å². The molecule has 1 atom stereocenters. The van der Waals surface area contributed by atoms with E-state index in [9.17, 15) is 28.2 Å². The molecule has 0 aliphatic heterocycles. The van der Waals surface area contributed by atoms with Crippen molar-refractivity contribution in [3.8, 4) is 16.9 Å². The largest absolute Gasteiger partial charge is 0.492 e. The number of hydrogen-bond acceptors (Lipinski definition) is 6. The maximum absolute atomic E-state index is 12.5. The first-order valence-corrected chi connectivity index (χ1v) is 14.4. The molecular formula is C29H34N2O7S. The first kappa shape index (κ1) is 29.7. The van der Waals surface area contributed by atoms with Gasteiger partial charge in [0.2, 0.25) is 10.0 Å². The van der Waals surface area contributed by atoms with Crippen LogP contribution in [-0.2, 0) is 16.4 Å². The molecule has 0 aliphatic rings. The summed E-state index contributed by atoms with van der Waals surface area (Å²) in [5, 5.41) is 20.0. The number of carboxylic acid groups (broad SMARTS) is 1. The van der Waals surface area contributed by atoms with Gasteiger partial charge in [0, 0.05) is 6.54 Å². The number of benzene rings is 3. The van der Waals surface area contributed by atoms with Crippen LogP contribution in [0.3, 0.4) is 0 Å². The molecule has 0 radical (unpaired) electrons. The maximum atomic E-state index is 12.5. The van der Waals surface area contributed by atoms with Crippen molar-refractivity contribution in [1.29, 1.82) is 0 Å². The van der Waals surface area contributed by atoms with Crippen molar-refractivity contribution < 1.29 is 33.0 Å². The third kappa shape index (κ3) is 9.12. The summed E-state index contributed by atoms with van der Waals surface area (Å²) < 4.78 is 30.9. The van der Waals surface area contributed by atoms with E-state index in [4.69, 9.17) is 4.74 Å². The number of carbonyl (C=O) groups is 2. The SMILES string of the molecule is CC(C)COc1cc(-c2ccc(CCN(C[C@@H](O)c3ccccc3)C(=O)O)cc2)ccc1C(=O)NS(C)(=O)=O. The summed E-state index contributed by atoms with van der Waals surface area (Å²) >= 11 is 0. The third-order valence-corrected chi connectivity index (χ3v) is 6.44. The Hall–Kier alpha value is -3.89. The van der Waals surface area contributed by atoms with E-state index >= 15 is 0 Å². The molecule has 0 aromatic heterocycles. The van der Waals surface area contributed by atoms with Gasteiger partial charge in [-0.05, 0) is 46.7 Å². The van der Waals surface area contributed by atoms with Gasteiger partial charge in [0.05, 0.1) is 31.1 Å². The first-order chi connectivity index (χ1) is 18.4. The van der Waals surface area contributed by atoms with Gasteiger partial charge < -0.3 is 19.8 Å². The van der Waals surface area contributed by atoms with Crippen molar-refractivity contribution in [2.24, 2.45) is 5.92 Å². The summed E-state index contributed by atoms with van der Waals surface area (Å²) in [5.74, 6) is -0.294. The Morgan fingerprint density at radius 3 is 2.21 bits per heavy atom. The van der Waals surface area contributed by atoms with E-state index in [2.05, 4.69) is 0 Å². The summed E-state index contributed by atoms with van der Waals surface area (Å²) in [6.45, 7) is 4.46. The number of rotatable bonds is 12. The zero-order valence-corrected chi connectivity index (χ0v) is 23.0. The molecule has 39 heavy (non-hydrogen) atoms. The molecule has 0 saturated carbocycles. The lowest BCUT2D eigenvalue weighted by molar-refractivity contribution is 0.0971. The molecule has 3 aromatic rings. The molecule has 3 N–H and O–H groups in total. The van der Waals surface area contributed by atoms with Crippen LogP contribution >= 0.6 is 0 Å². The Bertz CT molecular complexity index is 1370. The monoisotopic (exact) mass is 554 g/mol. The van der Waals surface area contributed by atoms with Crippen LogP contribution in [-0.4, -0.2) is 61.5 Å². The van der Waals surface area contributed by atoms with Gasteiger partial charge in [0.25, 0.3) is 5.91 Å². The molecule has 0 bridgehead atoms. The molecular weight excluding hydrogens is 520 g/mol. The second-order valence-electron chi connectivity index (χ2n) is 9.72. The molecule has 0 saturated heterocycles. The molecule has 2 amide bonds. The zero-order valence-electron chi connectivity index (χ0n) is 22.2. The average Bonchev–Trinajstić information content (AvgIpc) is 2.89. The average molecular weight is 555 g/mol. The number of sulfonamides is 1. The Balaban J connectivity index is 1.72. The van der Waals surface area contributed by atoms with Crippen LogP contribution in [0.4, 0.5) is 4.79 Å². The van der Waals surface area contributed by atoms with Crippen molar-refractivity contribution in [3.63, 3.8) is 0 Å². The van der Waals surface area contributed by atoms with Gasteiger partial charge in [-0.2, -0.15) is 0 Å². The standard InChI is InChI=1S/C29H34N2O7S/c1-20(2)19-38-27-17-24(13-14-25(27)28(33)30-39(3,36)37)22-11-9-21(10-12-22)15-16-31(29(34)35)18-26(32)23-7-5-4-6-8-23/h4-14,17,20,26,32H,15-16,18-19H2,1-3H3,(H,30,33)(H,34,35)/t26-/m1/s1. The van der Waals surface area contributed by atoms with E-state index in [0.717, 1.165) is 22.9 Å². The molecule has 0 spiro atoms. The van der Waals surface area contributed by atoms with Gasteiger partial charge in [0.1, 0.15) is 5.75 Å². The predicted octanol–water partition coefficient (Wildman–Crippen LogP) is 4.33. The minimum absolute atomic E-state index is 0.0319. The van der Waals surface area contributed by atoms with Gasteiger partial charge >= 0.3 is 6.09 Å². The van der Waals surface area contributed by atoms with Crippen LogP contribution in [0, 0.1) is 5.92 Å². The van der Waals surface area contributed by atoms with E-state index in [1.807, 2.05) is 48.9 Å². The summed E-state index contributed by atoms with van der Waals surface area (Å²) in [5.41, 5.74) is 3.31. The van der Waals surface area contributed by atoms with Crippen molar-refractivity contribution in [2.45, 2.75) is 26.4 Å². The number of nitrogens with zero attached hydrogens (tertiary/aromatic N) is 1. The molecule has 0 heterocycles. The van der Waals surface area contributed by atoms with Crippen molar-refractivity contribution in [2.75, 3.05) is 26.0 Å². The van der Waals surface area contributed by atoms with E-state index in [1.165, 1.54) is 11.0 Å². The second kappa shape index (κ2) is 13.3. The molecule has 208 valence electrons. The number of nitrogens with one attached hydrogen (secondary N) is 1. The molecule has 9 nitrogen and oxygen atoms in total. The third-order valence-electron chi connectivity index (χ3n) is 5.88. The highest BCUT2D eigenvalue weighted by Crippen LogP contribution is 2.28. The number of amides is 2. The Morgan fingerprint density at radius 2 is 1.62 bits per heavy atom. The Morgan fingerprint density at radius 1 is 0.974 bits per heavy atom. The molecule has 3 aromatic carbocycles. The summed E-state index contributed by atoms with van der Waals surface area (Å²) in [6.07, 6.45) is -0.646. The number of aliphatic hydroxyl groups excluding tert-OH is 1. The quantitative estimate of drug-likeness (QED) is 0.303. The maximum Gasteiger partial charge on any atom is 0.407 e. The normalized spacial score (nSPS) is 12.1. The first-order valence-electron chi connectivity index (χ1n) is 12.5. The van der Waals surface area contributed by atoms with E-state index < -0.39 is 28.1 Å². The highest BCUT2D eigenvalue weighted by Gasteiger charge is 2.19. The van der Waals surface area contributed by atoms with Gasteiger partial charge in [-0.15, -0.1) is 0 Å². The fourth-order valence-corrected chi connectivity index (χ4v) is 4.32. The van der Waals surface area contributed by atoms with Crippen molar-refractivity contribution >= 4 is 22.0 Å². The van der Waals surface area contributed by atoms with Crippen LogP contribution < -0.4 is 9.46 Å².